The maximum atomic E-state index is 6.62. The Morgan fingerprint density at radius 3 is 2.81 bits per heavy atom. The standard InChI is InChI=1S/C14H26N2/c1-11-3-2-6-14(15,8-11)10-16-9-12-4-5-13(16)7-12/h11-13H,2-10,15H2,1H3. The molecule has 1 saturated heterocycles. The van der Waals surface area contributed by atoms with E-state index in [-0.39, 0.29) is 5.54 Å². The third-order valence-corrected chi connectivity index (χ3v) is 5.17. The Bertz CT molecular complexity index is 265. The summed E-state index contributed by atoms with van der Waals surface area (Å²) in [5, 5.41) is 0. The molecule has 4 atom stereocenters. The number of nitrogens with two attached hydrogens (primary N) is 1. The maximum absolute atomic E-state index is 6.62. The Labute approximate surface area is 99.6 Å². The van der Waals surface area contributed by atoms with Crippen LogP contribution in [-0.2, 0) is 0 Å². The molecule has 2 bridgehead atoms. The van der Waals surface area contributed by atoms with Gasteiger partial charge in [0.2, 0.25) is 0 Å². The monoisotopic (exact) mass is 222 g/mol. The highest BCUT2D eigenvalue weighted by Gasteiger charge is 2.41. The normalized spacial score (nSPS) is 48.8. The molecule has 0 radical (unpaired) electrons. The fraction of sp³-hybridized carbons (Fsp3) is 1.00. The van der Waals surface area contributed by atoms with Crippen LogP contribution in [0.2, 0.25) is 0 Å². The van der Waals surface area contributed by atoms with Crippen LogP contribution in [0.5, 0.6) is 0 Å². The van der Waals surface area contributed by atoms with Crippen LogP contribution in [0.4, 0.5) is 0 Å². The van der Waals surface area contributed by atoms with Gasteiger partial charge in [0.05, 0.1) is 0 Å². The number of likely N-dealkylation sites (tertiary alicyclic amines) is 1. The average molecular weight is 222 g/mol. The van der Waals surface area contributed by atoms with E-state index in [9.17, 15) is 0 Å². The van der Waals surface area contributed by atoms with Crippen LogP contribution in [0.15, 0.2) is 0 Å². The summed E-state index contributed by atoms with van der Waals surface area (Å²) in [5.41, 5.74) is 6.76. The first kappa shape index (κ1) is 11.0. The van der Waals surface area contributed by atoms with Gasteiger partial charge < -0.3 is 5.73 Å². The van der Waals surface area contributed by atoms with Crippen molar-refractivity contribution in [2.24, 2.45) is 17.6 Å². The fourth-order valence-electron chi connectivity index (χ4n) is 4.47. The van der Waals surface area contributed by atoms with Crippen molar-refractivity contribution in [2.75, 3.05) is 13.1 Å². The Hall–Kier alpha value is -0.0800. The summed E-state index contributed by atoms with van der Waals surface area (Å²) in [5.74, 6) is 1.85. The molecule has 1 heterocycles. The van der Waals surface area contributed by atoms with Crippen molar-refractivity contribution in [1.82, 2.24) is 4.90 Å². The lowest BCUT2D eigenvalue weighted by Gasteiger charge is -2.41. The SMILES string of the molecule is CC1CCCC(N)(CN2CC3CCC2C3)C1. The van der Waals surface area contributed by atoms with Crippen LogP contribution >= 0.6 is 0 Å². The second kappa shape index (κ2) is 3.99. The number of piperidine rings is 1. The van der Waals surface area contributed by atoms with Gasteiger partial charge in [-0.3, -0.25) is 4.90 Å². The Balaban J connectivity index is 1.61. The van der Waals surface area contributed by atoms with E-state index < -0.39 is 0 Å². The van der Waals surface area contributed by atoms with Gasteiger partial charge in [0.1, 0.15) is 0 Å². The topological polar surface area (TPSA) is 29.3 Å². The van der Waals surface area contributed by atoms with Crippen molar-refractivity contribution in [1.29, 1.82) is 0 Å². The third-order valence-electron chi connectivity index (χ3n) is 5.17. The molecular formula is C14H26N2. The first-order valence-corrected chi connectivity index (χ1v) is 7.18. The smallest absolute Gasteiger partial charge is 0.0286 e. The summed E-state index contributed by atoms with van der Waals surface area (Å²) in [6, 6.07) is 0.891. The Morgan fingerprint density at radius 2 is 2.19 bits per heavy atom. The highest BCUT2D eigenvalue weighted by Crippen LogP contribution is 2.39. The van der Waals surface area contributed by atoms with E-state index in [0.29, 0.717) is 0 Å². The summed E-state index contributed by atoms with van der Waals surface area (Å²) in [7, 11) is 0. The van der Waals surface area contributed by atoms with E-state index in [4.69, 9.17) is 5.73 Å². The van der Waals surface area contributed by atoms with E-state index in [0.717, 1.165) is 17.9 Å². The van der Waals surface area contributed by atoms with Gasteiger partial charge in [0.25, 0.3) is 0 Å². The molecule has 2 N–H and O–H groups in total. The molecule has 16 heavy (non-hydrogen) atoms. The Morgan fingerprint density at radius 1 is 1.31 bits per heavy atom. The Kier molecular flexibility index (Phi) is 2.75. The van der Waals surface area contributed by atoms with Crippen molar-refractivity contribution in [2.45, 2.75) is 63.5 Å². The van der Waals surface area contributed by atoms with E-state index in [2.05, 4.69) is 11.8 Å². The van der Waals surface area contributed by atoms with E-state index in [1.54, 1.807) is 0 Å². The number of hydrogen-bond donors (Lipinski definition) is 1. The lowest BCUT2D eigenvalue weighted by Crippen LogP contribution is -2.54. The van der Waals surface area contributed by atoms with Crippen LogP contribution in [0.1, 0.15) is 51.9 Å². The first-order valence-electron chi connectivity index (χ1n) is 7.18. The third kappa shape index (κ3) is 2.02. The summed E-state index contributed by atoms with van der Waals surface area (Å²) >= 11 is 0. The molecule has 2 nitrogen and oxygen atoms in total. The van der Waals surface area contributed by atoms with Crippen molar-refractivity contribution in [3.05, 3.63) is 0 Å². The largest absolute Gasteiger partial charge is 0.324 e. The summed E-state index contributed by atoms with van der Waals surface area (Å²) < 4.78 is 0. The zero-order chi connectivity index (χ0) is 11.2. The van der Waals surface area contributed by atoms with Crippen molar-refractivity contribution in [3.63, 3.8) is 0 Å². The fourth-order valence-corrected chi connectivity index (χ4v) is 4.47. The predicted octanol–water partition coefficient (Wildman–Crippen LogP) is 2.38. The molecule has 2 aliphatic carbocycles. The average Bonchev–Trinajstić information content (AvgIpc) is 2.77. The molecule has 0 spiro atoms. The molecule has 0 amide bonds. The lowest BCUT2D eigenvalue weighted by molar-refractivity contribution is 0.125. The summed E-state index contributed by atoms with van der Waals surface area (Å²) in [6.45, 7) is 4.90. The molecule has 2 saturated carbocycles. The molecule has 3 aliphatic rings. The summed E-state index contributed by atoms with van der Waals surface area (Å²) in [6.07, 6.45) is 9.63. The molecule has 0 aromatic rings. The van der Waals surface area contributed by atoms with Crippen molar-refractivity contribution < 1.29 is 0 Å². The molecule has 3 fully saturated rings. The predicted molar refractivity (Wildman–Crippen MR) is 67.3 cm³/mol. The molecule has 0 aromatic carbocycles. The molecule has 3 rings (SSSR count). The lowest BCUT2D eigenvalue weighted by atomic mass is 9.76. The highest BCUT2D eigenvalue weighted by atomic mass is 15.2. The second-order valence-electron chi connectivity index (χ2n) is 6.83. The van der Waals surface area contributed by atoms with E-state index in [1.165, 1.54) is 58.0 Å². The van der Waals surface area contributed by atoms with Crippen LogP contribution in [-0.4, -0.2) is 29.6 Å². The minimum Gasteiger partial charge on any atom is -0.324 e. The number of hydrogen-bond acceptors (Lipinski definition) is 2. The minimum atomic E-state index is 0.141. The second-order valence-corrected chi connectivity index (χ2v) is 6.83. The van der Waals surface area contributed by atoms with E-state index >= 15 is 0 Å². The van der Waals surface area contributed by atoms with Crippen LogP contribution < -0.4 is 5.73 Å². The maximum Gasteiger partial charge on any atom is 0.0286 e. The van der Waals surface area contributed by atoms with Gasteiger partial charge in [-0.15, -0.1) is 0 Å². The molecular weight excluding hydrogens is 196 g/mol. The first-order chi connectivity index (χ1) is 7.65. The molecule has 92 valence electrons. The van der Waals surface area contributed by atoms with Gasteiger partial charge in [0, 0.05) is 24.7 Å². The van der Waals surface area contributed by atoms with Crippen molar-refractivity contribution >= 4 is 0 Å². The zero-order valence-corrected chi connectivity index (χ0v) is 10.6. The number of rotatable bonds is 2. The van der Waals surface area contributed by atoms with Crippen LogP contribution in [0, 0.1) is 11.8 Å². The van der Waals surface area contributed by atoms with Gasteiger partial charge in [0.15, 0.2) is 0 Å². The molecule has 2 heteroatoms. The van der Waals surface area contributed by atoms with Gasteiger partial charge in [-0.1, -0.05) is 19.8 Å². The number of fused-ring (bicyclic) bond motifs is 2. The number of nitrogens with zero attached hydrogens (tertiary/aromatic N) is 1. The molecule has 4 unspecified atom stereocenters. The quantitative estimate of drug-likeness (QED) is 0.777. The highest BCUT2D eigenvalue weighted by molar-refractivity contribution is 4.99. The molecule has 1 aliphatic heterocycles. The zero-order valence-electron chi connectivity index (χ0n) is 10.6. The van der Waals surface area contributed by atoms with Crippen molar-refractivity contribution in [3.8, 4) is 0 Å². The van der Waals surface area contributed by atoms with E-state index in [1.807, 2.05) is 0 Å². The van der Waals surface area contributed by atoms with Gasteiger partial charge in [-0.25, -0.2) is 0 Å². The van der Waals surface area contributed by atoms with Crippen LogP contribution in [0.3, 0.4) is 0 Å². The van der Waals surface area contributed by atoms with Gasteiger partial charge in [-0.2, -0.15) is 0 Å². The van der Waals surface area contributed by atoms with Gasteiger partial charge in [-0.05, 0) is 43.9 Å². The minimum absolute atomic E-state index is 0.141. The van der Waals surface area contributed by atoms with Crippen LogP contribution in [0.25, 0.3) is 0 Å². The summed E-state index contributed by atoms with van der Waals surface area (Å²) in [4.78, 5) is 2.71. The van der Waals surface area contributed by atoms with Gasteiger partial charge >= 0.3 is 0 Å². The molecule has 0 aromatic heterocycles.